The molecule has 5 nitrogen and oxygen atoms in total. The Morgan fingerprint density at radius 2 is 2.38 bits per heavy atom. The Balaban J connectivity index is 1.96. The topological polar surface area (TPSA) is 53.6 Å². The quantitative estimate of drug-likeness (QED) is 0.473. The van der Waals surface area contributed by atoms with Crippen LogP contribution in [0.5, 0.6) is 0 Å². The Bertz CT molecular complexity index is 163. The second-order valence-corrected chi connectivity index (χ2v) is 3.01. The molecule has 1 aliphatic heterocycles. The van der Waals surface area contributed by atoms with E-state index >= 15 is 0 Å². The van der Waals surface area contributed by atoms with Crippen molar-refractivity contribution in [3.63, 3.8) is 0 Å². The molecule has 0 saturated carbocycles. The van der Waals surface area contributed by atoms with Crippen LogP contribution in [0.4, 0.5) is 4.79 Å². The predicted octanol–water partition coefficient (Wildman–Crippen LogP) is 0.638. The summed E-state index contributed by atoms with van der Waals surface area (Å²) >= 11 is 0. The van der Waals surface area contributed by atoms with Crippen LogP contribution in [0.25, 0.3) is 0 Å². The van der Waals surface area contributed by atoms with E-state index in [0.717, 1.165) is 13.0 Å². The van der Waals surface area contributed by atoms with E-state index in [1.54, 1.807) is 0 Å². The van der Waals surface area contributed by atoms with Gasteiger partial charge in [-0.05, 0) is 6.42 Å². The summed E-state index contributed by atoms with van der Waals surface area (Å²) in [5.41, 5.74) is 5.77. The third kappa shape index (κ3) is 3.61. The van der Waals surface area contributed by atoms with E-state index in [4.69, 9.17) is 4.74 Å². The van der Waals surface area contributed by atoms with Gasteiger partial charge in [-0.2, -0.15) is 5.53 Å². The first kappa shape index (κ1) is 10.3. The maximum absolute atomic E-state index is 10.9. The number of rotatable bonds is 6. The van der Waals surface area contributed by atoms with E-state index < -0.39 is 0 Å². The maximum Gasteiger partial charge on any atom is 0.425 e. The fourth-order valence-corrected chi connectivity index (χ4v) is 1.11. The van der Waals surface area contributed by atoms with Gasteiger partial charge in [-0.1, -0.05) is 19.8 Å². The van der Waals surface area contributed by atoms with Crippen molar-refractivity contribution in [2.24, 2.45) is 0 Å². The molecule has 1 aliphatic rings. The molecular formula is C8H17N3O2. The summed E-state index contributed by atoms with van der Waals surface area (Å²) in [6, 6.07) is 0. The third-order valence-corrected chi connectivity index (χ3v) is 1.88. The lowest BCUT2D eigenvalue weighted by Crippen LogP contribution is -2.47. The number of ether oxygens (including phenoxy) is 1. The number of hydrogen-bond acceptors (Lipinski definition) is 4. The number of amides is 1. The lowest BCUT2D eigenvalue weighted by Gasteiger charge is -2.14. The van der Waals surface area contributed by atoms with E-state index in [1.165, 1.54) is 17.9 Å². The smallest absolute Gasteiger partial charge is 0.425 e. The number of hydrazine groups is 2. The summed E-state index contributed by atoms with van der Waals surface area (Å²) < 4.78 is 4.73. The Kier molecular flexibility index (Phi) is 4.56. The summed E-state index contributed by atoms with van der Waals surface area (Å²) in [7, 11) is 0. The highest BCUT2D eigenvalue weighted by Gasteiger charge is 2.20. The molecule has 0 unspecified atom stereocenters. The molecule has 0 atom stereocenters. The minimum absolute atomic E-state index is 0.303. The summed E-state index contributed by atoms with van der Waals surface area (Å²) in [6.45, 7) is 4.12. The highest BCUT2D eigenvalue weighted by Crippen LogP contribution is 1.97. The predicted molar refractivity (Wildman–Crippen MR) is 48.7 cm³/mol. The van der Waals surface area contributed by atoms with Gasteiger partial charge in [0, 0.05) is 6.54 Å². The van der Waals surface area contributed by atoms with Gasteiger partial charge >= 0.3 is 6.09 Å². The van der Waals surface area contributed by atoms with Gasteiger partial charge in [0.2, 0.25) is 0 Å². The Morgan fingerprint density at radius 3 is 3.00 bits per heavy atom. The van der Waals surface area contributed by atoms with Gasteiger partial charge in [-0.15, -0.1) is 0 Å². The van der Waals surface area contributed by atoms with Crippen molar-refractivity contribution in [3.05, 3.63) is 0 Å². The van der Waals surface area contributed by atoms with E-state index in [0.29, 0.717) is 13.2 Å². The van der Waals surface area contributed by atoms with Gasteiger partial charge in [-0.25, -0.2) is 15.2 Å². The summed E-state index contributed by atoms with van der Waals surface area (Å²) in [5.74, 6) is 0. The van der Waals surface area contributed by atoms with Crippen LogP contribution in [0.3, 0.4) is 0 Å². The van der Waals surface area contributed by atoms with Crippen molar-refractivity contribution in [3.8, 4) is 0 Å². The molecule has 0 bridgehead atoms. The average Bonchev–Trinajstić information content (AvgIpc) is 2.52. The number of carbonyl (C=O) groups excluding carboxylic acids is 1. The Hall–Kier alpha value is -0.810. The first-order valence-corrected chi connectivity index (χ1v) is 4.77. The zero-order valence-corrected chi connectivity index (χ0v) is 8.01. The lowest BCUT2D eigenvalue weighted by molar-refractivity contribution is 0.137. The third-order valence-electron chi connectivity index (χ3n) is 1.88. The van der Waals surface area contributed by atoms with Gasteiger partial charge in [0.15, 0.2) is 0 Å². The average molecular weight is 187 g/mol. The largest absolute Gasteiger partial charge is 0.446 e. The molecule has 1 amide bonds. The summed E-state index contributed by atoms with van der Waals surface area (Å²) in [6.07, 6.45) is 3.22. The molecule has 13 heavy (non-hydrogen) atoms. The Labute approximate surface area is 78.4 Å². The zero-order valence-electron chi connectivity index (χ0n) is 8.01. The molecule has 2 N–H and O–H groups in total. The monoisotopic (exact) mass is 187 g/mol. The second-order valence-electron chi connectivity index (χ2n) is 3.01. The molecule has 0 aromatic rings. The number of cyclic esters (lactones) is 1. The van der Waals surface area contributed by atoms with Crippen molar-refractivity contribution in [1.29, 1.82) is 0 Å². The van der Waals surface area contributed by atoms with E-state index in [9.17, 15) is 4.79 Å². The SMILES string of the molecule is CCCCCNNN1CCOC1=O. The maximum atomic E-state index is 10.9. The molecule has 0 aliphatic carbocycles. The Morgan fingerprint density at radius 1 is 1.54 bits per heavy atom. The van der Waals surface area contributed by atoms with Crippen LogP contribution >= 0.6 is 0 Å². The first-order valence-electron chi connectivity index (χ1n) is 4.77. The summed E-state index contributed by atoms with van der Waals surface area (Å²) in [5, 5.41) is 1.44. The van der Waals surface area contributed by atoms with E-state index in [1.807, 2.05) is 0 Å². The van der Waals surface area contributed by atoms with Crippen molar-refractivity contribution < 1.29 is 9.53 Å². The number of carbonyl (C=O) groups is 1. The summed E-state index contributed by atoms with van der Waals surface area (Å²) in [4.78, 5) is 10.9. The molecule has 0 spiro atoms. The molecule has 1 fully saturated rings. The lowest BCUT2D eigenvalue weighted by atomic mass is 10.3. The van der Waals surface area contributed by atoms with Gasteiger partial charge < -0.3 is 4.74 Å². The van der Waals surface area contributed by atoms with Crippen LogP contribution in [-0.2, 0) is 4.74 Å². The van der Waals surface area contributed by atoms with E-state index in [2.05, 4.69) is 17.9 Å². The molecular weight excluding hydrogens is 170 g/mol. The van der Waals surface area contributed by atoms with Crippen LogP contribution in [0, 0.1) is 0 Å². The molecule has 5 heteroatoms. The first-order chi connectivity index (χ1) is 6.34. The normalized spacial score (nSPS) is 16.4. The minimum Gasteiger partial charge on any atom is -0.446 e. The highest BCUT2D eigenvalue weighted by atomic mass is 16.6. The molecule has 0 radical (unpaired) electrons. The van der Waals surface area contributed by atoms with Crippen LogP contribution in [0.1, 0.15) is 26.2 Å². The van der Waals surface area contributed by atoms with Crippen molar-refractivity contribution >= 4 is 6.09 Å². The minimum atomic E-state index is -0.303. The molecule has 1 rings (SSSR count). The fourth-order valence-electron chi connectivity index (χ4n) is 1.11. The van der Waals surface area contributed by atoms with Crippen LogP contribution < -0.4 is 11.0 Å². The van der Waals surface area contributed by atoms with Crippen LogP contribution in [0.2, 0.25) is 0 Å². The number of nitrogens with one attached hydrogen (secondary N) is 2. The van der Waals surface area contributed by atoms with Crippen molar-refractivity contribution in [1.82, 2.24) is 16.0 Å². The van der Waals surface area contributed by atoms with Gasteiger partial charge in [0.1, 0.15) is 6.61 Å². The van der Waals surface area contributed by atoms with Crippen LogP contribution in [0.15, 0.2) is 0 Å². The number of hydrogen-bond donors (Lipinski definition) is 2. The van der Waals surface area contributed by atoms with Gasteiger partial charge in [0.25, 0.3) is 0 Å². The standard InChI is InChI=1S/C8H17N3O2/c1-2-3-4-5-9-10-11-6-7-13-8(11)12/h9-10H,2-7H2,1H3. The molecule has 0 aromatic carbocycles. The van der Waals surface area contributed by atoms with E-state index in [-0.39, 0.29) is 6.09 Å². The fraction of sp³-hybridized carbons (Fsp3) is 0.875. The highest BCUT2D eigenvalue weighted by molar-refractivity contribution is 5.68. The van der Waals surface area contributed by atoms with Crippen molar-refractivity contribution in [2.45, 2.75) is 26.2 Å². The molecule has 76 valence electrons. The van der Waals surface area contributed by atoms with Crippen LogP contribution in [-0.4, -0.2) is 30.8 Å². The molecule has 0 aromatic heterocycles. The molecule has 1 heterocycles. The molecule has 1 saturated heterocycles. The second kappa shape index (κ2) is 5.77. The van der Waals surface area contributed by atoms with Gasteiger partial charge in [-0.3, -0.25) is 0 Å². The number of nitrogens with zero attached hydrogens (tertiary/aromatic N) is 1. The zero-order chi connectivity index (χ0) is 9.52. The number of unbranched alkanes of at least 4 members (excludes halogenated alkanes) is 2. The van der Waals surface area contributed by atoms with Gasteiger partial charge in [0.05, 0.1) is 6.54 Å². The van der Waals surface area contributed by atoms with Crippen molar-refractivity contribution in [2.75, 3.05) is 19.7 Å².